The van der Waals surface area contributed by atoms with E-state index in [0.717, 1.165) is 22.4 Å². The monoisotopic (exact) mass is 389 g/mol. The van der Waals surface area contributed by atoms with Crippen LogP contribution in [0.4, 0.5) is 5.69 Å². The Morgan fingerprint density at radius 3 is 2.70 bits per heavy atom. The van der Waals surface area contributed by atoms with Crippen LogP contribution in [-0.4, -0.2) is 33.6 Å². The lowest BCUT2D eigenvalue weighted by molar-refractivity contribution is -0.115. The SMILES string of the molecule is Cc1ccc(S(=O)(=O)OCC2COc3cc(C)c4c(c3O2)CC(=O)N4)cc1. The molecule has 142 valence electrons. The Hall–Kier alpha value is -2.58. The van der Waals surface area contributed by atoms with Crippen LogP contribution in [0.25, 0.3) is 0 Å². The molecular formula is C19H19NO6S. The Labute approximate surface area is 157 Å². The van der Waals surface area contributed by atoms with Crippen LogP contribution in [0.3, 0.4) is 0 Å². The molecule has 2 aromatic rings. The molecule has 2 aliphatic rings. The van der Waals surface area contributed by atoms with Gasteiger partial charge in [-0.25, -0.2) is 0 Å². The summed E-state index contributed by atoms with van der Waals surface area (Å²) in [6, 6.07) is 8.24. The van der Waals surface area contributed by atoms with Crippen molar-refractivity contribution in [2.45, 2.75) is 31.3 Å². The van der Waals surface area contributed by atoms with Crippen LogP contribution >= 0.6 is 0 Å². The summed E-state index contributed by atoms with van der Waals surface area (Å²) in [5.41, 5.74) is 3.33. The highest BCUT2D eigenvalue weighted by molar-refractivity contribution is 7.86. The summed E-state index contributed by atoms with van der Waals surface area (Å²) in [5, 5.41) is 2.81. The first-order valence-electron chi connectivity index (χ1n) is 8.55. The van der Waals surface area contributed by atoms with Crippen molar-refractivity contribution >= 4 is 21.7 Å². The number of benzene rings is 2. The summed E-state index contributed by atoms with van der Waals surface area (Å²) in [5.74, 6) is 0.923. The van der Waals surface area contributed by atoms with E-state index in [2.05, 4.69) is 5.32 Å². The molecule has 7 nitrogen and oxygen atoms in total. The molecule has 2 aromatic carbocycles. The molecule has 0 saturated heterocycles. The fourth-order valence-corrected chi connectivity index (χ4v) is 4.10. The van der Waals surface area contributed by atoms with E-state index in [1.54, 1.807) is 18.2 Å². The maximum Gasteiger partial charge on any atom is 0.297 e. The third kappa shape index (κ3) is 3.38. The normalized spacial score (nSPS) is 18.1. The van der Waals surface area contributed by atoms with Crippen LogP contribution in [0.15, 0.2) is 35.2 Å². The van der Waals surface area contributed by atoms with Gasteiger partial charge in [0.2, 0.25) is 5.91 Å². The van der Waals surface area contributed by atoms with E-state index in [0.29, 0.717) is 11.5 Å². The first-order valence-corrected chi connectivity index (χ1v) is 9.96. The molecule has 0 aliphatic carbocycles. The van der Waals surface area contributed by atoms with Gasteiger partial charge in [0.1, 0.15) is 13.2 Å². The summed E-state index contributed by atoms with van der Waals surface area (Å²) in [7, 11) is -3.88. The molecule has 1 amide bonds. The van der Waals surface area contributed by atoms with E-state index in [-0.39, 0.29) is 30.4 Å². The number of aryl methyl sites for hydroxylation is 2. The van der Waals surface area contributed by atoms with Crippen molar-refractivity contribution in [1.82, 2.24) is 0 Å². The second-order valence-electron chi connectivity index (χ2n) is 6.70. The second-order valence-corrected chi connectivity index (χ2v) is 8.32. The number of amides is 1. The summed E-state index contributed by atoms with van der Waals surface area (Å²) in [4.78, 5) is 11.8. The molecule has 0 bridgehead atoms. The number of ether oxygens (including phenoxy) is 2. The number of anilines is 1. The molecule has 0 spiro atoms. The lowest BCUT2D eigenvalue weighted by atomic mass is 10.1. The Bertz CT molecular complexity index is 1010. The second kappa shape index (κ2) is 6.54. The van der Waals surface area contributed by atoms with Crippen molar-refractivity contribution in [2.24, 2.45) is 0 Å². The van der Waals surface area contributed by atoms with Gasteiger partial charge in [0, 0.05) is 5.56 Å². The fraction of sp³-hybridized carbons (Fsp3) is 0.316. The first-order chi connectivity index (χ1) is 12.8. The van der Waals surface area contributed by atoms with E-state index in [9.17, 15) is 13.2 Å². The predicted octanol–water partition coefficient (Wildman–Crippen LogP) is 2.34. The molecule has 2 aliphatic heterocycles. The zero-order valence-electron chi connectivity index (χ0n) is 14.9. The number of rotatable bonds is 4. The molecule has 1 unspecified atom stereocenters. The zero-order chi connectivity index (χ0) is 19.2. The molecule has 0 aromatic heterocycles. The van der Waals surface area contributed by atoms with Gasteiger partial charge in [-0.3, -0.25) is 8.98 Å². The van der Waals surface area contributed by atoms with E-state index >= 15 is 0 Å². The van der Waals surface area contributed by atoms with Gasteiger partial charge in [-0.05, 0) is 37.6 Å². The molecule has 0 saturated carbocycles. The zero-order valence-corrected chi connectivity index (χ0v) is 15.8. The van der Waals surface area contributed by atoms with E-state index in [1.165, 1.54) is 12.1 Å². The van der Waals surface area contributed by atoms with Gasteiger partial charge in [0.15, 0.2) is 17.6 Å². The number of hydrogen-bond donors (Lipinski definition) is 1. The van der Waals surface area contributed by atoms with Gasteiger partial charge in [-0.2, -0.15) is 8.42 Å². The van der Waals surface area contributed by atoms with Crippen molar-refractivity contribution < 1.29 is 26.9 Å². The average Bonchev–Trinajstić information content (AvgIpc) is 3.03. The highest BCUT2D eigenvalue weighted by Gasteiger charge is 2.32. The molecule has 1 N–H and O–H groups in total. The maximum atomic E-state index is 12.3. The van der Waals surface area contributed by atoms with E-state index in [4.69, 9.17) is 13.7 Å². The van der Waals surface area contributed by atoms with Crippen LogP contribution in [-0.2, 0) is 25.5 Å². The summed E-state index contributed by atoms with van der Waals surface area (Å²) < 4.78 is 41.5. The third-order valence-corrected chi connectivity index (χ3v) is 5.87. The Morgan fingerprint density at radius 1 is 1.22 bits per heavy atom. The van der Waals surface area contributed by atoms with Crippen LogP contribution in [0.2, 0.25) is 0 Å². The third-order valence-electron chi connectivity index (χ3n) is 4.57. The van der Waals surface area contributed by atoms with Gasteiger partial charge < -0.3 is 14.8 Å². The average molecular weight is 389 g/mol. The Kier molecular flexibility index (Phi) is 4.32. The maximum absolute atomic E-state index is 12.3. The van der Waals surface area contributed by atoms with Gasteiger partial charge in [-0.15, -0.1) is 0 Å². The number of fused-ring (bicyclic) bond motifs is 3. The molecule has 0 radical (unpaired) electrons. The van der Waals surface area contributed by atoms with Crippen LogP contribution in [0.5, 0.6) is 11.5 Å². The van der Waals surface area contributed by atoms with Crippen molar-refractivity contribution in [1.29, 1.82) is 0 Å². The Balaban J connectivity index is 1.50. The van der Waals surface area contributed by atoms with Crippen molar-refractivity contribution in [2.75, 3.05) is 18.5 Å². The number of hydrogen-bond acceptors (Lipinski definition) is 6. The summed E-state index contributed by atoms with van der Waals surface area (Å²) in [6.45, 7) is 3.74. The minimum absolute atomic E-state index is 0.0940. The van der Waals surface area contributed by atoms with Gasteiger partial charge in [0.05, 0.1) is 17.0 Å². The minimum Gasteiger partial charge on any atom is -0.486 e. The van der Waals surface area contributed by atoms with Gasteiger partial charge >= 0.3 is 0 Å². The topological polar surface area (TPSA) is 90.9 Å². The van der Waals surface area contributed by atoms with E-state index < -0.39 is 16.2 Å². The predicted molar refractivity (Wildman–Crippen MR) is 97.7 cm³/mol. The number of carbonyl (C=O) groups excluding carboxylic acids is 1. The molecule has 2 heterocycles. The molecule has 8 heteroatoms. The highest BCUT2D eigenvalue weighted by Crippen LogP contribution is 2.44. The number of carbonyl (C=O) groups is 1. The molecule has 27 heavy (non-hydrogen) atoms. The standard InChI is InChI=1S/C19H19NO6S/c1-11-3-5-14(6-4-11)27(22,23)25-10-13-9-24-16-7-12(2)18-15(19(16)26-13)8-17(21)20-18/h3-7,13H,8-10H2,1-2H3,(H,20,21). The minimum atomic E-state index is -3.88. The first kappa shape index (κ1) is 17.8. The van der Waals surface area contributed by atoms with Crippen molar-refractivity contribution in [3.8, 4) is 11.5 Å². The van der Waals surface area contributed by atoms with Gasteiger partial charge in [0.25, 0.3) is 10.1 Å². The molecule has 0 fully saturated rings. The van der Waals surface area contributed by atoms with Crippen LogP contribution in [0.1, 0.15) is 16.7 Å². The van der Waals surface area contributed by atoms with Crippen LogP contribution < -0.4 is 14.8 Å². The molecular weight excluding hydrogens is 370 g/mol. The lowest BCUT2D eigenvalue weighted by Crippen LogP contribution is -2.34. The van der Waals surface area contributed by atoms with Crippen LogP contribution in [0, 0.1) is 13.8 Å². The number of nitrogens with one attached hydrogen (secondary N) is 1. The smallest absolute Gasteiger partial charge is 0.297 e. The summed E-state index contributed by atoms with van der Waals surface area (Å²) in [6.07, 6.45) is -0.391. The largest absolute Gasteiger partial charge is 0.486 e. The highest BCUT2D eigenvalue weighted by atomic mass is 32.2. The summed E-state index contributed by atoms with van der Waals surface area (Å²) >= 11 is 0. The quantitative estimate of drug-likeness (QED) is 0.807. The fourth-order valence-electron chi connectivity index (χ4n) is 3.16. The van der Waals surface area contributed by atoms with Gasteiger partial charge in [-0.1, -0.05) is 17.7 Å². The molecule has 1 atom stereocenters. The molecule has 4 rings (SSSR count). The lowest BCUT2D eigenvalue weighted by Gasteiger charge is -2.28. The van der Waals surface area contributed by atoms with Crippen molar-refractivity contribution in [3.63, 3.8) is 0 Å². The van der Waals surface area contributed by atoms with E-state index in [1.807, 2.05) is 13.8 Å². The Morgan fingerprint density at radius 2 is 1.96 bits per heavy atom. The van der Waals surface area contributed by atoms with Crippen molar-refractivity contribution in [3.05, 3.63) is 47.0 Å².